The third kappa shape index (κ3) is 1.69. The lowest BCUT2D eigenvalue weighted by Gasteiger charge is -2.01. The van der Waals surface area contributed by atoms with Gasteiger partial charge in [-0.1, -0.05) is 13.8 Å². The van der Waals surface area contributed by atoms with Crippen LogP contribution >= 0.6 is 0 Å². The average Bonchev–Trinajstić information content (AvgIpc) is 2.71. The van der Waals surface area contributed by atoms with Crippen LogP contribution in [0.3, 0.4) is 0 Å². The van der Waals surface area contributed by atoms with E-state index in [4.69, 9.17) is 4.74 Å². The van der Waals surface area contributed by atoms with Crippen LogP contribution in [-0.4, -0.2) is 16.5 Å². The maximum Gasteiger partial charge on any atom is 0.179 e. The number of nitrogens with zero attached hydrogens (tertiary/aromatic N) is 2. The van der Waals surface area contributed by atoms with Gasteiger partial charge in [-0.25, -0.2) is 4.98 Å². The Morgan fingerprint density at radius 1 is 1.53 bits per heavy atom. The molecule has 0 aliphatic rings. The Labute approximate surface area is 89.7 Å². The first-order valence-corrected chi connectivity index (χ1v) is 5.27. The van der Waals surface area contributed by atoms with Gasteiger partial charge in [0.1, 0.15) is 0 Å². The summed E-state index contributed by atoms with van der Waals surface area (Å²) in [6.07, 6.45) is 5.18. The Morgan fingerprint density at radius 2 is 2.33 bits per heavy atom. The van der Waals surface area contributed by atoms with Crippen LogP contribution < -0.4 is 4.74 Å². The van der Waals surface area contributed by atoms with E-state index in [2.05, 4.69) is 25.0 Å². The van der Waals surface area contributed by atoms with Crippen molar-refractivity contribution in [3.8, 4) is 5.75 Å². The molecule has 15 heavy (non-hydrogen) atoms. The van der Waals surface area contributed by atoms with Gasteiger partial charge in [0.15, 0.2) is 11.4 Å². The number of hydrogen-bond acceptors (Lipinski definition) is 2. The van der Waals surface area contributed by atoms with Crippen molar-refractivity contribution in [2.45, 2.75) is 26.2 Å². The van der Waals surface area contributed by atoms with Crippen LogP contribution in [0.25, 0.3) is 5.65 Å². The predicted molar refractivity (Wildman–Crippen MR) is 60.5 cm³/mol. The van der Waals surface area contributed by atoms with E-state index in [0.717, 1.165) is 23.5 Å². The minimum Gasteiger partial charge on any atom is -0.493 e. The van der Waals surface area contributed by atoms with E-state index < -0.39 is 0 Å². The summed E-state index contributed by atoms with van der Waals surface area (Å²) in [6.45, 7) is 4.36. The summed E-state index contributed by atoms with van der Waals surface area (Å²) in [5.41, 5.74) is 2.03. The summed E-state index contributed by atoms with van der Waals surface area (Å²) in [6, 6.07) is 3.90. The molecule has 1 unspecified atom stereocenters. The maximum atomic E-state index is 5.27. The Balaban J connectivity index is 2.55. The van der Waals surface area contributed by atoms with Gasteiger partial charge in [0.05, 0.1) is 12.8 Å². The largest absolute Gasteiger partial charge is 0.493 e. The number of fused-ring (bicyclic) bond motifs is 1. The molecule has 0 spiro atoms. The zero-order valence-electron chi connectivity index (χ0n) is 9.40. The monoisotopic (exact) mass is 204 g/mol. The molecule has 2 aromatic rings. The van der Waals surface area contributed by atoms with E-state index in [1.165, 1.54) is 0 Å². The summed E-state index contributed by atoms with van der Waals surface area (Å²) in [5, 5.41) is 0. The normalized spacial score (nSPS) is 13.0. The van der Waals surface area contributed by atoms with Crippen molar-refractivity contribution in [3.05, 3.63) is 30.2 Å². The molecule has 0 radical (unpaired) electrons. The molecule has 0 amide bonds. The zero-order chi connectivity index (χ0) is 10.8. The van der Waals surface area contributed by atoms with Gasteiger partial charge in [-0.15, -0.1) is 0 Å². The van der Waals surface area contributed by atoms with Gasteiger partial charge in [0.25, 0.3) is 0 Å². The topological polar surface area (TPSA) is 26.5 Å². The summed E-state index contributed by atoms with van der Waals surface area (Å²) >= 11 is 0. The minimum atomic E-state index is 0.495. The van der Waals surface area contributed by atoms with Crippen molar-refractivity contribution in [2.75, 3.05) is 7.11 Å². The van der Waals surface area contributed by atoms with Gasteiger partial charge in [0, 0.05) is 12.4 Å². The highest BCUT2D eigenvalue weighted by atomic mass is 16.5. The van der Waals surface area contributed by atoms with Crippen molar-refractivity contribution in [2.24, 2.45) is 0 Å². The van der Waals surface area contributed by atoms with E-state index >= 15 is 0 Å². The molecule has 0 N–H and O–H groups in total. The molecule has 80 valence electrons. The molecular weight excluding hydrogens is 188 g/mol. The molecule has 3 heteroatoms. The second-order valence-electron chi connectivity index (χ2n) is 3.78. The van der Waals surface area contributed by atoms with Gasteiger partial charge < -0.3 is 9.14 Å². The molecule has 0 saturated carbocycles. The first kappa shape index (κ1) is 10.0. The van der Waals surface area contributed by atoms with Crippen LogP contribution in [0.15, 0.2) is 24.5 Å². The van der Waals surface area contributed by atoms with Gasteiger partial charge >= 0.3 is 0 Å². The molecular formula is C12H16N2O. The molecule has 2 heterocycles. The number of ether oxygens (including phenoxy) is 1. The Kier molecular flexibility index (Phi) is 2.62. The minimum absolute atomic E-state index is 0.495. The third-order valence-corrected chi connectivity index (χ3v) is 2.80. The fraction of sp³-hybridized carbons (Fsp3) is 0.417. The van der Waals surface area contributed by atoms with Crippen molar-refractivity contribution < 1.29 is 4.74 Å². The van der Waals surface area contributed by atoms with E-state index in [9.17, 15) is 0 Å². The van der Waals surface area contributed by atoms with Crippen LogP contribution in [-0.2, 0) is 0 Å². The van der Waals surface area contributed by atoms with Crippen LogP contribution in [0, 0.1) is 0 Å². The van der Waals surface area contributed by atoms with Gasteiger partial charge in [-0.3, -0.25) is 0 Å². The van der Waals surface area contributed by atoms with Crippen LogP contribution in [0.2, 0.25) is 0 Å². The van der Waals surface area contributed by atoms with Crippen LogP contribution in [0.5, 0.6) is 5.75 Å². The van der Waals surface area contributed by atoms with Gasteiger partial charge in [0.2, 0.25) is 0 Å². The molecule has 0 bridgehead atoms. The smallest absolute Gasteiger partial charge is 0.179 e. The van der Waals surface area contributed by atoms with Gasteiger partial charge in [-0.2, -0.15) is 0 Å². The number of pyridine rings is 1. The highest BCUT2D eigenvalue weighted by molar-refractivity contribution is 5.54. The van der Waals surface area contributed by atoms with Crippen molar-refractivity contribution in [3.63, 3.8) is 0 Å². The molecule has 3 nitrogen and oxygen atoms in total. The first-order chi connectivity index (χ1) is 7.26. The van der Waals surface area contributed by atoms with E-state index in [0.29, 0.717) is 5.92 Å². The standard InChI is InChI=1S/C12H16N2O/c1-4-9(2)10-8-14-7-5-6-11(15-3)12(14)13-10/h5-9H,4H2,1-3H3. The molecule has 0 fully saturated rings. The van der Waals surface area contributed by atoms with Gasteiger partial charge in [-0.05, 0) is 24.5 Å². The summed E-state index contributed by atoms with van der Waals surface area (Å²) in [7, 11) is 1.67. The second kappa shape index (κ2) is 3.93. The molecule has 2 rings (SSSR count). The zero-order valence-corrected chi connectivity index (χ0v) is 9.40. The lowest BCUT2D eigenvalue weighted by Crippen LogP contribution is -1.90. The molecule has 0 saturated heterocycles. The van der Waals surface area contributed by atoms with Crippen molar-refractivity contribution >= 4 is 5.65 Å². The van der Waals surface area contributed by atoms with Crippen molar-refractivity contribution in [1.29, 1.82) is 0 Å². The van der Waals surface area contributed by atoms with Crippen LogP contribution in [0.4, 0.5) is 0 Å². The first-order valence-electron chi connectivity index (χ1n) is 5.27. The quantitative estimate of drug-likeness (QED) is 0.768. The van der Waals surface area contributed by atoms with E-state index in [-0.39, 0.29) is 0 Å². The molecule has 0 aliphatic heterocycles. The number of methoxy groups -OCH3 is 1. The SMILES string of the molecule is CCC(C)c1cn2cccc(OC)c2n1. The summed E-state index contributed by atoms with van der Waals surface area (Å²) < 4.78 is 7.29. The molecule has 2 aromatic heterocycles. The second-order valence-corrected chi connectivity index (χ2v) is 3.78. The Bertz CT molecular complexity index is 462. The fourth-order valence-electron chi connectivity index (χ4n) is 1.61. The summed E-state index contributed by atoms with van der Waals surface area (Å²) in [4.78, 5) is 4.59. The predicted octanol–water partition coefficient (Wildman–Crippen LogP) is 2.86. The Hall–Kier alpha value is -1.51. The Morgan fingerprint density at radius 3 is 3.00 bits per heavy atom. The number of imidazole rings is 1. The lowest BCUT2D eigenvalue weighted by molar-refractivity contribution is 0.417. The van der Waals surface area contributed by atoms with Crippen molar-refractivity contribution in [1.82, 2.24) is 9.38 Å². The highest BCUT2D eigenvalue weighted by Gasteiger charge is 2.10. The number of hydrogen-bond donors (Lipinski definition) is 0. The molecule has 0 aliphatic carbocycles. The third-order valence-electron chi connectivity index (χ3n) is 2.80. The summed E-state index contributed by atoms with van der Waals surface area (Å²) in [5.74, 6) is 1.32. The fourth-order valence-corrected chi connectivity index (χ4v) is 1.61. The molecule has 1 atom stereocenters. The van der Waals surface area contributed by atoms with E-state index in [1.54, 1.807) is 7.11 Å². The van der Waals surface area contributed by atoms with Crippen LogP contribution in [0.1, 0.15) is 31.9 Å². The van der Waals surface area contributed by atoms with E-state index in [1.807, 2.05) is 22.7 Å². The number of aromatic nitrogens is 2. The lowest BCUT2D eigenvalue weighted by atomic mass is 10.1. The highest BCUT2D eigenvalue weighted by Crippen LogP contribution is 2.23. The maximum absolute atomic E-state index is 5.27. The average molecular weight is 204 g/mol. The number of rotatable bonds is 3. The molecule has 0 aromatic carbocycles.